The summed E-state index contributed by atoms with van der Waals surface area (Å²) in [5.74, 6) is 2.48. The van der Waals surface area contributed by atoms with Gasteiger partial charge in [0.25, 0.3) is 0 Å². The maximum Gasteiger partial charge on any atom is 0.249 e. The lowest BCUT2D eigenvalue weighted by Gasteiger charge is -2.05. The smallest absolute Gasteiger partial charge is 0.249 e. The molecule has 0 radical (unpaired) electrons. The van der Waals surface area contributed by atoms with Crippen LogP contribution in [0.3, 0.4) is 0 Å². The molecule has 0 unspecified atom stereocenters. The lowest BCUT2D eigenvalue weighted by atomic mass is 10.1. The van der Waals surface area contributed by atoms with E-state index in [0.717, 1.165) is 27.7 Å². The molecule has 0 N–H and O–H groups in total. The van der Waals surface area contributed by atoms with Crippen molar-refractivity contribution in [3.05, 3.63) is 52.3 Å². The number of aryl methyl sites for hydroxylation is 3. The average Bonchev–Trinajstić information content (AvgIpc) is 3.04. The summed E-state index contributed by atoms with van der Waals surface area (Å²) in [7, 11) is 1.66. The van der Waals surface area contributed by atoms with E-state index in [4.69, 9.17) is 4.74 Å². The maximum atomic E-state index is 12.5. The third-order valence-corrected chi connectivity index (χ3v) is 7.33. The van der Waals surface area contributed by atoms with E-state index in [0.29, 0.717) is 12.2 Å². The standard InChI is InChI=1S/C22H26N2O2S3/c1-15-13-16(2)21-19(14-15)24(10-12-27-4)22(29-21)23-20(25)9-11-28-18-7-5-17(26-3)6-8-18/h5-8,13-14H,9-12H2,1-4H3. The van der Waals surface area contributed by atoms with E-state index in [2.05, 4.69) is 41.8 Å². The van der Waals surface area contributed by atoms with Gasteiger partial charge in [0.15, 0.2) is 4.80 Å². The third kappa shape index (κ3) is 5.68. The summed E-state index contributed by atoms with van der Waals surface area (Å²) in [5, 5.41) is 0. The molecule has 1 amide bonds. The van der Waals surface area contributed by atoms with Crippen molar-refractivity contribution in [1.29, 1.82) is 0 Å². The Balaban J connectivity index is 1.76. The second kappa shape index (κ2) is 10.4. The predicted octanol–water partition coefficient (Wildman–Crippen LogP) is 5.30. The molecule has 154 valence electrons. The van der Waals surface area contributed by atoms with E-state index >= 15 is 0 Å². The number of thioether (sulfide) groups is 2. The number of carbonyl (C=O) groups excluding carboxylic acids is 1. The summed E-state index contributed by atoms with van der Waals surface area (Å²) in [6.07, 6.45) is 2.52. The number of hydrogen-bond acceptors (Lipinski definition) is 5. The van der Waals surface area contributed by atoms with E-state index in [1.807, 2.05) is 24.3 Å². The quantitative estimate of drug-likeness (QED) is 0.440. The number of aromatic nitrogens is 1. The van der Waals surface area contributed by atoms with Gasteiger partial charge < -0.3 is 9.30 Å². The summed E-state index contributed by atoms with van der Waals surface area (Å²) < 4.78 is 8.59. The fourth-order valence-electron chi connectivity index (χ4n) is 3.09. The van der Waals surface area contributed by atoms with Crippen molar-refractivity contribution >= 4 is 51.0 Å². The van der Waals surface area contributed by atoms with Gasteiger partial charge in [0.2, 0.25) is 5.91 Å². The number of ether oxygens (including phenoxy) is 1. The molecule has 0 saturated heterocycles. The Hall–Kier alpha value is -1.70. The average molecular weight is 447 g/mol. The molecule has 0 aliphatic heterocycles. The van der Waals surface area contributed by atoms with Crippen LogP contribution in [0.25, 0.3) is 10.2 Å². The zero-order chi connectivity index (χ0) is 20.8. The van der Waals surface area contributed by atoms with Gasteiger partial charge in [-0.05, 0) is 61.6 Å². The minimum atomic E-state index is -0.0650. The first kappa shape index (κ1) is 22.0. The van der Waals surface area contributed by atoms with Crippen molar-refractivity contribution < 1.29 is 9.53 Å². The lowest BCUT2D eigenvalue weighted by molar-refractivity contribution is -0.117. The Bertz CT molecular complexity index is 1050. The minimum absolute atomic E-state index is 0.0650. The van der Waals surface area contributed by atoms with Gasteiger partial charge in [0.1, 0.15) is 5.75 Å². The van der Waals surface area contributed by atoms with E-state index in [-0.39, 0.29) is 5.91 Å². The van der Waals surface area contributed by atoms with Crippen LogP contribution in [0.5, 0.6) is 5.75 Å². The molecule has 3 aromatic rings. The van der Waals surface area contributed by atoms with Gasteiger partial charge in [0, 0.05) is 29.4 Å². The molecule has 4 nitrogen and oxygen atoms in total. The molecule has 2 aromatic carbocycles. The van der Waals surface area contributed by atoms with E-state index in [1.54, 1.807) is 42.0 Å². The van der Waals surface area contributed by atoms with E-state index < -0.39 is 0 Å². The third-order valence-electron chi connectivity index (χ3n) is 4.50. The molecule has 0 atom stereocenters. The molecule has 3 rings (SSSR count). The SMILES string of the molecule is COc1ccc(SCCC(=O)N=c2sc3c(C)cc(C)cc3n2CCSC)cc1. The number of nitrogens with zero attached hydrogens (tertiary/aromatic N) is 2. The molecule has 7 heteroatoms. The van der Waals surface area contributed by atoms with Crippen molar-refractivity contribution in [2.24, 2.45) is 4.99 Å². The molecule has 0 spiro atoms. The van der Waals surface area contributed by atoms with E-state index in [9.17, 15) is 4.79 Å². The van der Waals surface area contributed by atoms with Crippen LogP contribution in [-0.4, -0.2) is 35.3 Å². The van der Waals surface area contributed by atoms with Crippen LogP contribution in [0.1, 0.15) is 17.5 Å². The molecule has 0 aliphatic rings. The molecule has 1 aromatic heterocycles. The van der Waals surface area contributed by atoms with Crippen LogP contribution < -0.4 is 9.54 Å². The summed E-state index contributed by atoms with van der Waals surface area (Å²) >= 11 is 5.08. The number of fused-ring (bicyclic) bond motifs is 1. The Morgan fingerprint density at radius 1 is 1.17 bits per heavy atom. The Morgan fingerprint density at radius 2 is 1.93 bits per heavy atom. The Kier molecular flexibility index (Phi) is 7.86. The van der Waals surface area contributed by atoms with Gasteiger partial charge in [-0.15, -0.1) is 11.8 Å². The van der Waals surface area contributed by atoms with Crippen molar-refractivity contribution in [2.75, 3.05) is 24.9 Å². The van der Waals surface area contributed by atoms with Crippen molar-refractivity contribution in [2.45, 2.75) is 31.7 Å². The van der Waals surface area contributed by atoms with Crippen LogP contribution >= 0.6 is 34.9 Å². The fraction of sp³-hybridized carbons (Fsp3) is 0.364. The van der Waals surface area contributed by atoms with Gasteiger partial charge in [-0.3, -0.25) is 4.79 Å². The van der Waals surface area contributed by atoms with Gasteiger partial charge in [-0.25, -0.2) is 0 Å². The van der Waals surface area contributed by atoms with Crippen LogP contribution in [0, 0.1) is 13.8 Å². The number of carbonyl (C=O) groups is 1. The summed E-state index contributed by atoms with van der Waals surface area (Å²) in [6, 6.07) is 12.3. The van der Waals surface area contributed by atoms with Crippen molar-refractivity contribution in [3.63, 3.8) is 0 Å². The zero-order valence-electron chi connectivity index (χ0n) is 17.2. The van der Waals surface area contributed by atoms with E-state index in [1.165, 1.54) is 21.3 Å². The highest BCUT2D eigenvalue weighted by Crippen LogP contribution is 2.24. The highest BCUT2D eigenvalue weighted by atomic mass is 32.2. The molecule has 0 aliphatic carbocycles. The highest BCUT2D eigenvalue weighted by molar-refractivity contribution is 7.99. The zero-order valence-corrected chi connectivity index (χ0v) is 19.7. The molecule has 29 heavy (non-hydrogen) atoms. The van der Waals surface area contributed by atoms with Crippen molar-refractivity contribution in [3.8, 4) is 5.75 Å². The first-order valence-corrected chi connectivity index (χ1v) is 12.7. The summed E-state index contributed by atoms with van der Waals surface area (Å²) in [4.78, 5) is 19.0. The Labute approximate surface area is 184 Å². The molecular formula is C22H26N2O2S3. The fourth-order valence-corrected chi connectivity index (χ4v) is 5.42. The monoisotopic (exact) mass is 446 g/mol. The van der Waals surface area contributed by atoms with Crippen LogP contribution in [0.15, 0.2) is 46.3 Å². The molecule has 0 fully saturated rings. The van der Waals surface area contributed by atoms with Gasteiger partial charge in [0.05, 0.1) is 17.3 Å². The predicted molar refractivity (Wildman–Crippen MR) is 127 cm³/mol. The molecule has 1 heterocycles. The molecule has 0 saturated carbocycles. The number of hydrogen-bond donors (Lipinski definition) is 0. The van der Waals surface area contributed by atoms with Gasteiger partial charge in [-0.2, -0.15) is 16.8 Å². The number of benzene rings is 2. The maximum absolute atomic E-state index is 12.5. The molecular weight excluding hydrogens is 420 g/mol. The lowest BCUT2D eigenvalue weighted by Crippen LogP contribution is -2.18. The second-order valence-electron chi connectivity index (χ2n) is 6.74. The largest absolute Gasteiger partial charge is 0.497 e. The summed E-state index contributed by atoms with van der Waals surface area (Å²) in [6.45, 7) is 5.10. The number of thiazole rings is 1. The van der Waals surface area contributed by atoms with Crippen LogP contribution in [0.2, 0.25) is 0 Å². The van der Waals surface area contributed by atoms with Crippen LogP contribution in [-0.2, 0) is 11.3 Å². The normalized spacial score (nSPS) is 11.9. The van der Waals surface area contributed by atoms with Crippen molar-refractivity contribution in [1.82, 2.24) is 4.57 Å². The topological polar surface area (TPSA) is 43.6 Å². The van der Waals surface area contributed by atoms with Gasteiger partial charge >= 0.3 is 0 Å². The molecule has 0 bridgehead atoms. The number of methoxy groups -OCH3 is 1. The summed E-state index contributed by atoms with van der Waals surface area (Å²) in [5.41, 5.74) is 3.66. The first-order chi connectivity index (χ1) is 14.0. The first-order valence-electron chi connectivity index (χ1n) is 9.45. The van der Waals surface area contributed by atoms with Crippen LogP contribution in [0.4, 0.5) is 0 Å². The van der Waals surface area contributed by atoms with Gasteiger partial charge in [-0.1, -0.05) is 17.4 Å². The minimum Gasteiger partial charge on any atom is -0.497 e. The second-order valence-corrected chi connectivity index (χ2v) is 9.87. The number of amides is 1. The highest BCUT2D eigenvalue weighted by Gasteiger charge is 2.11. The Morgan fingerprint density at radius 3 is 2.62 bits per heavy atom. The number of rotatable bonds is 8.